The smallest absolute Gasteiger partial charge is 0.267 e. The molecule has 0 atom stereocenters. The molecule has 1 aromatic carbocycles. The molecule has 110 valence electrons. The van der Waals surface area contributed by atoms with E-state index in [-0.39, 0.29) is 17.2 Å². The summed E-state index contributed by atoms with van der Waals surface area (Å²) in [5.41, 5.74) is 6.85. The summed E-state index contributed by atoms with van der Waals surface area (Å²) < 4.78 is 1.36. The lowest BCUT2D eigenvalue weighted by Crippen LogP contribution is -2.16. The molecule has 7 heteroatoms. The molecule has 0 saturated carbocycles. The Kier molecular flexibility index (Phi) is 3.23. The number of nitrogens with two attached hydrogens (primary N) is 1. The van der Waals surface area contributed by atoms with Crippen molar-refractivity contribution in [1.29, 1.82) is 0 Å². The van der Waals surface area contributed by atoms with Crippen molar-refractivity contribution in [2.24, 2.45) is 5.73 Å². The van der Waals surface area contributed by atoms with Crippen molar-refractivity contribution >= 4 is 5.91 Å². The zero-order valence-electron chi connectivity index (χ0n) is 11.3. The van der Waals surface area contributed by atoms with Crippen molar-refractivity contribution < 1.29 is 15.0 Å². The highest BCUT2D eigenvalue weighted by molar-refractivity contribution is 5.93. The first-order chi connectivity index (χ1) is 10.6. The molecule has 3 rings (SSSR count). The standard InChI is InChI=1S/C15H12N4O3/c16-15(22)13-7-12(11-4-3-10(20)6-14(11)21)18-19(13)9-2-1-5-17-8-9/h1-8,20-21H,(H2,16,22). The number of phenolic OH excluding ortho intramolecular Hbond substituents is 2. The highest BCUT2D eigenvalue weighted by atomic mass is 16.3. The number of primary amides is 1. The Morgan fingerprint density at radius 2 is 2.00 bits per heavy atom. The van der Waals surface area contributed by atoms with E-state index in [1.165, 1.54) is 28.9 Å². The first-order valence-corrected chi connectivity index (χ1v) is 6.39. The monoisotopic (exact) mass is 296 g/mol. The molecule has 22 heavy (non-hydrogen) atoms. The minimum absolute atomic E-state index is 0.0666. The molecular formula is C15H12N4O3. The van der Waals surface area contributed by atoms with E-state index in [0.29, 0.717) is 16.9 Å². The highest BCUT2D eigenvalue weighted by Gasteiger charge is 2.17. The molecule has 0 saturated heterocycles. The van der Waals surface area contributed by atoms with Crippen LogP contribution in [0.5, 0.6) is 11.5 Å². The van der Waals surface area contributed by atoms with Gasteiger partial charge < -0.3 is 15.9 Å². The molecule has 4 N–H and O–H groups in total. The van der Waals surface area contributed by atoms with Crippen molar-refractivity contribution in [3.63, 3.8) is 0 Å². The Labute approximate surface area is 125 Å². The maximum Gasteiger partial charge on any atom is 0.267 e. The molecule has 0 radical (unpaired) electrons. The number of carbonyl (C=O) groups is 1. The number of hydrogen-bond donors (Lipinski definition) is 3. The van der Waals surface area contributed by atoms with Crippen LogP contribution in [-0.2, 0) is 0 Å². The van der Waals surface area contributed by atoms with E-state index >= 15 is 0 Å². The molecule has 7 nitrogen and oxygen atoms in total. The lowest BCUT2D eigenvalue weighted by Gasteiger charge is -2.04. The maximum atomic E-state index is 11.6. The molecule has 2 heterocycles. The first kappa shape index (κ1) is 13.6. The van der Waals surface area contributed by atoms with Crippen LogP contribution in [0.15, 0.2) is 48.8 Å². The second-order valence-electron chi connectivity index (χ2n) is 4.60. The van der Waals surface area contributed by atoms with Gasteiger partial charge in [0, 0.05) is 17.8 Å². The lowest BCUT2D eigenvalue weighted by atomic mass is 10.1. The number of phenols is 2. The average molecular weight is 296 g/mol. The maximum absolute atomic E-state index is 11.6. The normalized spacial score (nSPS) is 10.5. The van der Waals surface area contributed by atoms with E-state index in [4.69, 9.17) is 5.73 Å². The Bertz CT molecular complexity index is 843. The summed E-state index contributed by atoms with van der Waals surface area (Å²) in [4.78, 5) is 15.6. The molecule has 0 unspecified atom stereocenters. The minimum Gasteiger partial charge on any atom is -0.508 e. The number of pyridine rings is 1. The van der Waals surface area contributed by atoms with E-state index in [1.807, 2.05) is 0 Å². The Hall–Kier alpha value is -3.35. The molecule has 3 aromatic rings. The van der Waals surface area contributed by atoms with E-state index < -0.39 is 5.91 Å². The summed E-state index contributed by atoms with van der Waals surface area (Å²) in [6, 6.07) is 9.03. The average Bonchev–Trinajstić information content (AvgIpc) is 2.93. The minimum atomic E-state index is -0.652. The summed E-state index contributed by atoms with van der Waals surface area (Å²) >= 11 is 0. The molecule has 0 spiro atoms. The molecule has 0 bridgehead atoms. The Balaban J connectivity index is 2.17. The zero-order valence-corrected chi connectivity index (χ0v) is 11.3. The van der Waals surface area contributed by atoms with E-state index in [2.05, 4.69) is 10.1 Å². The summed E-state index contributed by atoms with van der Waals surface area (Å²) in [5.74, 6) is -0.865. The number of amides is 1. The number of hydrogen-bond acceptors (Lipinski definition) is 5. The van der Waals surface area contributed by atoms with Gasteiger partial charge in [-0.15, -0.1) is 0 Å². The summed E-state index contributed by atoms with van der Waals surface area (Å²) in [6.07, 6.45) is 3.14. The van der Waals surface area contributed by atoms with Crippen LogP contribution in [0, 0.1) is 0 Å². The fourth-order valence-electron chi connectivity index (χ4n) is 2.10. The van der Waals surface area contributed by atoms with Crippen molar-refractivity contribution in [3.8, 4) is 28.4 Å². The van der Waals surface area contributed by atoms with Crippen LogP contribution < -0.4 is 5.73 Å². The molecule has 1 amide bonds. The summed E-state index contributed by atoms with van der Waals surface area (Å²) in [5, 5.41) is 23.6. The quantitative estimate of drug-likeness (QED) is 0.676. The van der Waals surface area contributed by atoms with E-state index in [9.17, 15) is 15.0 Å². The predicted octanol–water partition coefficient (Wildman–Crippen LogP) is 1.44. The van der Waals surface area contributed by atoms with Crippen LogP contribution in [0.4, 0.5) is 0 Å². The van der Waals surface area contributed by atoms with E-state index in [0.717, 1.165) is 0 Å². The van der Waals surface area contributed by atoms with Gasteiger partial charge in [0.05, 0.1) is 17.6 Å². The molecular weight excluding hydrogens is 284 g/mol. The number of carbonyl (C=O) groups excluding carboxylic acids is 1. The molecule has 0 aliphatic heterocycles. The fourth-order valence-corrected chi connectivity index (χ4v) is 2.10. The number of nitrogens with zero attached hydrogens (tertiary/aromatic N) is 3. The number of aromatic nitrogens is 3. The van der Waals surface area contributed by atoms with Crippen LogP contribution in [0.3, 0.4) is 0 Å². The van der Waals surface area contributed by atoms with Gasteiger partial charge in [0.15, 0.2) is 0 Å². The third-order valence-corrected chi connectivity index (χ3v) is 3.11. The third kappa shape index (κ3) is 2.35. The largest absolute Gasteiger partial charge is 0.508 e. The summed E-state index contributed by atoms with van der Waals surface area (Å²) in [7, 11) is 0. The van der Waals surface area contributed by atoms with Crippen LogP contribution in [0.1, 0.15) is 10.5 Å². The Morgan fingerprint density at radius 1 is 1.18 bits per heavy atom. The molecule has 0 fully saturated rings. The zero-order chi connectivity index (χ0) is 15.7. The van der Waals surface area contributed by atoms with Gasteiger partial charge in [0.1, 0.15) is 17.2 Å². The van der Waals surface area contributed by atoms with Gasteiger partial charge in [-0.05, 0) is 30.3 Å². The first-order valence-electron chi connectivity index (χ1n) is 6.39. The van der Waals surface area contributed by atoms with Gasteiger partial charge in [0.2, 0.25) is 0 Å². The van der Waals surface area contributed by atoms with Crippen molar-refractivity contribution in [1.82, 2.24) is 14.8 Å². The number of aromatic hydroxyl groups is 2. The van der Waals surface area contributed by atoms with Gasteiger partial charge in [-0.3, -0.25) is 9.78 Å². The van der Waals surface area contributed by atoms with Gasteiger partial charge >= 0.3 is 0 Å². The topological polar surface area (TPSA) is 114 Å². The molecule has 0 aliphatic rings. The third-order valence-electron chi connectivity index (χ3n) is 3.11. The van der Waals surface area contributed by atoms with Gasteiger partial charge in [-0.25, -0.2) is 4.68 Å². The SMILES string of the molecule is NC(=O)c1cc(-c2ccc(O)cc2O)nn1-c1cccnc1. The van der Waals surface area contributed by atoms with Gasteiger partial charge in [-0.2, -0.15) is 5.10 Å². The van der Waals surface area contributed by atoms with Crippen LogP contribution in [0.25, 0.3) is 16.9 Å². The Morgan fingerprint density at radius 3 is 2.64 bits per heavy atom. The van der Waals surface area contributed by atoms with E-state index in [1.54, 1.807) is 24.5 Å². The van der Waals surface area contributed by atoms with Crippen LogP contribution >= 0.6 is 0 Å². The molecule has 0 aliphatic carbocycles. The summed E-state index contributed by atoms with van der Waals surface area (Å²) in [6.45, 7) is 0. The predicted molar refractivity (Wildman–Crippen MR) is 78.6 cm³/mol. The van der Waals surface area contributed by atoms with Gasteiger partial charge in [0.25, 0.3) is 5.91 Å². The second-order valence-corrected chi connectivity index (χ2v) is 4.60. The van der Waals surface area contributed by atoms with Crippen LogP contribution in [-0.4, -0.2) is 30.9 Å². The molecule has 2 aromatic heterocycles. The fraction of sp³-hybridized carbons (Fsp3) is 0. The highest BCUT2D eigenvalue weighted by Crippen LogP contribution is 2.32. The van der Waals surface area contributed by atoms with Crippen molar-refractivity contribution in [3.05, 3.63) is 54.5 Å². The van der Waals surface area contributed by atoms with Crippen LogP contribution in [0.2, 0.25) is 0 Å². The second kappa shape index (κ2) is 5.21. The number of rotatable bonds is 3. The lowest BCUT2D eigenvalue weighted by molar-refractivity contribution is 0.0993. The number of benzene rings is 1. The van der Waals surface area contributed by atoms with Gasteiger partial charge in [-0.1, -0.05) is 0 Å². The van der Waals surface area contributed by atoms with Crippen molar-refractivity contribution in [2.45, 2.75) is 0 Å². The van der Waals surface area contributed by atoms with Crippen molar-refractivity contribution in [2.75, 3.05) is 0 Å².